The van der Waals surface area contributed by atoms with E-state index in [1.165, 1.54) is 15.9 Å². The molecule has 0 spiro atoms. The highest BCUT2D eigenvalue weighted by atomic mass is 32.1. The predicted molar refractivity (Wildman–Crippen MR) is 116 cm³/mol. The van der Waals surface area contributed by atoms with Gasteiger partial charge in [0, 0.05) is 17.6 Å². The maximum absolute atomic E-state index is 12.9. The highest BCUT2D eigenvalue weighted by Gasteiger charge is 2.18. The van der Waals surface area contributed by atoms with Crippen molar-refractivity contribution in [1.82, 2.24) is 19.4 Å². The largest absolute Gasteiger partial charge is 0.352 e. The van der Waals surface area contributed by atoms with Gasteiger partial charge in [0.1, 0.15) is 6.54 Å². The summed E-state index contributed by atoms with van der Waals surface area (Å²) in [6.45, 7) is 2.55. The fraction of sp³-hybridized carbons (Fsp3) is 0.182. The van der Waals surface area contributed by atoms with Crippen LogP contribution in [0.15, 0.2) is 69.7 Å². The van der Waals surface area contributed by atoms with Gasteiger partial charge in [0.15, 0.2) is 5.82 Å². The van der Waals surface area contributed by atoms with Crippen molar-refractivity contribution in [2.45, 2.75) is 26.6 Å². The molecule has 0 unspecified atom stereocenters. The fourth-order valence-electron chi connectivity index (χ4n) is 3.16. The molecule has 1 N–H and O–H groups in total. The van der Waals surface area contributed by atoms with Crippen molar-refractivity contribution >= 4 is 17.2 Å². The van der Waals surface area contributed by atoms with Crippen molar-refractivity contribution in [2.24, 2.45) is 0 Å². The molecule has 0 saturated carbocycles. The van der Waals surface area contributed by atoms with Gasteiger partial charge in [-0.3, -0.25) is 14.2 Å². The number of pyridine rings is 1. The van der Waals surface area contributed by atoms with Crippen LogP contribution in [0.3, 0.4) is 0 Å². The second kappa shape index (κ2) is 8.46. The Bertz CT molecular complexity index is 1260. The molecule has 0 saturated heterocycles. The lowest BCUT2D eigenvalue weighted by Crippen LogP contribution is -2.38. The van der Waals surface area contributed by atoms with Crippen LogP contribution in [-0.2, 0) is 24.4 Å². The van der Waals surface area contributed by atoms with Gasteiger partial charge in [0.2, 0.25) is 5.91 Å². The van der Waals surface area contributed by atoms with Crippen LogP contribution >= 0.6 is 11.3 Å². The zero-order chi connectivity index (χ0) is 21.1. The van der Waals surface area contributed by atoms with Gasteiger partial charge in [0.05, 0.1) is 12.1 Å². The number of aryl methyl sites for hydroxylation is 1. The first-order valence-corrected chi connectivity index (χ1v) is 10.3. The Morgan fingerprint density at radius 2 is 1.90 bits per heavy atom. The molecule has 8 heteroatoms. The van der Waals surface area contributed by atoms with Gasteiger partial charge in [0.25, 0.3) is 5.56 Å². The maximum atomic E-state index is 12.9. The third-order valence-corrected chi connectivity index (χ3v) is 5.63. The minimum absolute atomic E-state index is 0.0377. The smallest absolute Gasteiger partial charge is 0.350 e. The molecule has 0 bridgehead atoms. The van der Waals surface area contributed by atoms with Gasteiger partial charge < -0.3 is 9.88 Å². The third kappa shape index (κ3) is 4.23. The highest BCUT2D eigenvalue weighted by molar-refractivity contribution is 7.09. The summed E-state index contributed by atoms with van der Waals surface area (Å²) in [6, 6.07) is 14.9. The van der Waals surface area contributed by atoms with E-state index in [0.29, 0.717) is 12.1 Å². The standard InChI is InChI=1S/C22H20N4O3S/c1-15-6-8-16(9-7-15)12-23-19(27)14-25-10-2-5-18-20(25)24-22(29)26(21(18)28)13-17-4-3-11-30-17/h2-11H,12-14H2,1H3,(H,23,27). The number of hydrogen-bond acceptors (Lipinski definition) is 5. The molecule has 0 aliphatic carbocycles. The van der Waals surface area contributed by atoms with Crippen molar-refractivity contribution in [1.29, 1.82) is 0 Å². The van der Waals surface area contributed by atoms with E-state index in [1.807, 2.05) is 48.7 Å². The van der Waals surface area contributed by atoms with Gasteiger partial charge in [-0.15, -0.1) is 11.3 Å². The molecule has 2 aliphatic rings. The minimum atomic E-state index is -0.624. The average molecular weight is 420 g/mol. The summed E-state index contributed by atoms with van der Waals surface area (Å²) in [5.74, 6) is -0.0227. The summed E-state index contributed by atoms with van der Waals surface area (Å²) >= 11 is 1.47. The van der Waals surface area contributed by atoms with E-state index in [0.717, 1.165) is 20.6 Å². The number of fused-ring (bicyclic) bond motifs is 1. The van der Waals surface area contributed by atoms with Crippen LogP contribution in [-0.4, -0.2) is 20.0 Å². The van der Waals surface area contributed by atoms with Crippen LogP contribution < -0.4 is 16.6 Å². The van der Waals surface area contributed by atoms with Crippen molar-refractivity contribution < 1.29 is 4.79 Å². The Morgan fingerprint density at radius 1 is 1.10 bits per heavy atom. The van der Waals surface area contributed by atoms with Crippen LogP contribution in [0.25, 0.3) is 11.4 Å². The molecular formula is C22H20N4O3S. The number of amides is 1. The molecule has 0 radical (unpaired) electrons. The molecule has 1 aromatic carbocycles. The van der Waals surface area contributed by atoms with E-state index in [2.05, 4.69) is 10.3 Å². The number of carbonyl (C=O) groups is 1. The van der Waals surface area contributed by atoms with Crippen LogP contribution in [0.1, 0.15) is 16.0 Å². The Labute approximate surface area is 176 Å². The number of aromatic nitrogens is 3. The first-order chi connectivity index (χ1) is 14.5. The number of nitrogens with one attached hydrogen (secondary N) is 1. The van der Waals surface area contributed by atoms with Gasteiger partial charge in [-0.2, -0.15) is 4.98 Å². The molecule has 0 fully saturated rings. The van der Waals surface area contributed by atoms with E-state index in [1.54, 1.807) is 18.3 Å². The lowest BCUT2D eigenvalue weighted by atomic mass is 10.1. The van der Waals surface area contributed by atoms with Crippen molar-refractivity contribution in [3.63, 3.8) is 0 Å². The summed E-state index contributed by atoms with van der Waals surface area (Å²) in [5.41, 5.74) is 1.42. The molecule has 4 rings (SSSR count). The summed E-state index contributed by atoms with van der Waals surface area (Å²) in [4.78, 5) is 42.8. The Morgan fingerprint density at radius 3 is 2.63 bits per heavy atom. The molecular weight excluding hydrogens is 400 g/mol. The first kappa shape index (κ1) is 19.8. The molecule has 2 aliphatic heterocycles. The van der Waals surface area contributed by atoms with Gasteiger partial charge in [-0.05, 0) is 36.1 Å². The van der Waals surface area contributed by atoms with Crippen LogP contribution in [0, 0.1) is 6.92 Å². The second-order valence-electron chi connectivity index (χ2n) is 7.00. The fourth-order valence-corrected chi connectivity index (χ4v) is 3.85. The summed E-state index contributed by atoms with van der Waals surface area (Å²) in [7, 11) is 0. The molecule has 1 aromatic heterocycles. The number of hydrogen-bond donors (Lipinski definition) is 1. The van der Waals surface area contributed by atoms with Crippen LogP contribution in [0.2, 0.25) is 0 Å². The normalized spacial score (nSPS) is 11.0. The monoisotopic (exact) mass is 420 g/mol. The minimum Gasteiger partial charge on any atom is -0.350 e. The lowest BCUT2D eigenvalue weighted by molar-refractivity contribution is -0.121. The van der Waals surface area contributed by atoms with Gasteiger partial charge >= 0.3 is 5.69 Å². The number of thiophene rings is 1. The first-order valence-electron chi connectivity index (χ1n) is 9.46. The van der Waals surface area contributed by atoms with Gasteiger partial charge in [-0.25, -0.2) is 4.79 Å². The number of nitrogens with zero attached hydrogens (tertiary/aromatic N) is 3. The van der Waals surface area contributed by atoms with Crippen molar-refractivity contribution in [2.75, 3.05) is 0 Å². The van der Waals surface area contributed by atoms with E-state index in [4.69, 9.17) is 0 Å². The predicted octanol–water partition coefficient (Wildman–Crippen LogP) is 2.24. The molecule has 1 amide bonds. The average Bonchev–Trinajstić information content (AvgIpc) is 3.25. The van der Waals surface area contributed by atoms with E-state index in [9.17, 15) is 14.4 Å². The SMILES string of the molecule is Cc1ccc(CNC(=O)Cn2cccc3c(=O)n(Cc4cccs4)c(=O)nc2-3)cc1. The molecule has 0 atom stereocenters. The van der Waals surface area contributed by atoms with Crippen LogP contribution in [0.5, 0.6) is 0 Å². The number of benzene rings is 1. The highest BCUT2D eigenvalue weighted by Crippen LogP contribution is 2.14. The molecule has 7 nitrogen and oxygen atoms in total. The second-order valence-corrected chi connectivity index (χ2v) is 8.03. The maximum Gasteiger partial charge on any atom is 0.352 e. The van der Waals surface area contributed by atoms with E-state index < -0.39 is 11.2 Å². The third-order valence-electron chi connectivity index (χ3n) is 4.77. The topological polar surface area (TPSA) is 86.0 Å². The van der Waals surface area contributed by atoms with E-state index >= 15 is 0 Å². The number of rotatable bonds is 6. The van der Waals surface area contributed by atoms with E-state index in [-0.39, 0.29) is 24.8 Å². The summed E-state index contributed by atoms with van der Waals surface area (Å²) < 4.78 is 2.65. The van der Waals surface area contributed by atoms with Crippen molar-refractivity contribution in [3.05, 3.63) is 96.9 Å². The lowest BCUT2D eigenvalue weighted by Gasteiger charge is -2.15. The number of carbonyl (C=O) groups excluding carboxylic acids is 1. The zero-order valence-electron chi connectivity index (χ0n) is 16.4. The molecule has 152 valence electrons. The quantitative estimate of drug-likeness (QED) is 0.518. The Kier molecular flexibility index (Phi) is 5.58. The summed E-state index contributed by atoms with van der Waals surface area (Å²) in [6.07, 6.45) is 1.64. The Hall–Kier alpha value is -3.52. The molecule has 30 heavy (non-hydrogen) atoms. The van der Waals surface area contributed by atoms with Crippen molar-refractivity contribution in [3.8, 4) is 11.4 Å². The zero-order valence-corrected chi connectivity index (χ0v) is 17.2. The van der Waals surface area contributed by atoms with Gasteiger partial charge in [-0.1, -0.05) is 35.9 Å². The summed E-state index contributed by atoms with van der Waals surface area (Å²) in [5, 5.41) is 4.75. The molecule has 3 heterocycles. The Balaban J connectivity index is 1.55. The molecule has 2 aromatic rings. The van der Waals surface area contributed by atoms with Crippen LogP contribution in [0.4, 0.5) is 0 Å².